The maximum absolute atomic E-state index is 13.8. The summed E-state index contributed by atoms with van der Waals surface area (Å²) in [6.07, 6.45) is -0.664. The third kappa shape index (κ3) is 3.68. The Hall–Kier alpha value is -1.13. The number of likely N-dealkylation sites (N-methyl/N-ethyl adjacent to an activating group) is 2. The van der Waals surface area contributed by atoms with Crippen LogP contribution >= 0.6 is 0 Å². The Labute approximate surface area is 102 Å². The number of anilines is 1. The number of aliphatic hydroxyl groups excluding tert-OH is 1. The molecule has 3 nitrogen and oxygen atoms in total. The molecule has 1 N–H and O–H groups in total. The molecule has 1 aromatic carbocycles. The lowest BCUT2D eigenvalue weighted by molar-refractivity contribution is 0.199. The minimum Gasteiger partial charge on any atom is -0.389 e. The first-order valence-electron chi connectivity index (χ1n) is 5.75. The largest absolute Gasteiger partial charge is 0.389 e. The van der Waals surface area contributed by atoms with E-state index in [1.165, 1.54) is 6.07 Å². The average Bonchev–Trinajstić information content (AvgIpc) is 2.25. The summed E-state index contributed by atoms with van der Waals surface area (Å²) in [5.74, 6) is -0.287. The van der Waals surface area contributed by atoms with E-state index in [-0.39, 0.29) is 5.82 Å². The van der Waals surface area contributed by atoms with E-state index < -0.39 is 6.10 Å². The Balaban J connectivity index is 2.94. The van der Waals surface area contributed by atoms with Gasteiger partial charge in [0.2, 0.25) is 0 Å². The number of nitrogens with zero attached hydrogens (tertiary/aromatic N) is 2. The molecule has 1 rings (SSSR count). The molecule has 0 saturated carbocycles. The van der Waals surface area contributed by atoms with Gasteiger partial charge in [-0.15, -0.1) is 0 Å². The predicted octanol–water partition coefficient (Wildman–Crippen LogP) is 1.88. The molecule has 0 aliphatic heterocycles. The zero-order valence-corrected chi connectivity index (χ0v) is 10.9. The minimum absolute atomic E-state index is 0.287. The van der Waals surface area contributed by atoms with Crippen LogP contribution in [0.15, 0.2) is 18.2 Å². The summed E-state index contributed by atoms with van der Waals surface area (Å²) in [7, 11) is 5.79. The van der Waals surface area contributed by atoms with Gasteiger partial charge in [0.1, 0.15) is 5.82 Å². The van der Waals surface area contributed by atoms with Gasteiger partial charge in [0.25, 0.3) is 0 Å². The Morgan fingerprint density at radius 1 is 1.24 bits per heavy atom. The van der Waals surface area contributed by atoms with E-state index in [1.54, 1.807) is 19.1 Å². The zero-order chi connectivity index (χ0) is 13.0. The molecule has 0 radical (unpaired) electrons. The summed E-state index contributed by atoms with van der Waals surface area (Å²) < 4.78 is 13.8. The highest BCUT2D eigenvalue weighted by Gasteiger charge is 2.15. The summed E-state index contributed by atoms with van der Waals surface area (Å²) in [5.41, 5.74) is 1.12. The van der Waals surface area contributed by atoms with E-state index in [0.717, 1.165) is 6.54 Å². The Morgan fingerprint density at radius 2 is 1.88 bits per heavy atom. The smallest absolute Gasteiger partial charge is 0.146 e. The Bertz CT molecular complexity index is 366. The van der Waals surface area contributed by atoms with Gasteiger partial charge in [0, 0.05) is 25.7 Å². The molecule has 1 aromatic rings. The normalized spacial score (nSPS) is 12.9. The molecule has 0 aromatic heterocycles. The van der Waals surface area contributed by atoms with Crippen molar-refractivity contribution in [2.75, 3.05) is 39.1 Å². The van der Waals surface area contributed by atoms with E-state index >= 15 is 0 Å². The fourth-order valence-electron chi connectivity index (χ4n) is 1.73. The number of hydrogen-bond acceptors (Lipinski definition) is 3. The van der Waals surface area contributed by atoms with E-state index in [2.05, 4.69) is 0 Å². The second-order valence-corrected chi connectivity index (χ2v) is 4.58. The Morgan fingerprint density at radius 3 is 2.41 bits per heavy atom. The van der Waals surface area contributed by atoms with Gasteiger partial charge in [-0.25, -0.2) is 4.39 Å². The van der Waals surface area contributed by atoms with Crippen LogP contribution in [0.2, 0.25) is 0 Å². The molecule has 0 bridgehead atoms. The van der Waals surface area contributed by atoms with Crippen molar-refractivity contribution >= 4 is 5.69 Å². The third-order valence-corrected chi connectivity index (χ3v) is 2.73. The Kier molecular flexibility index (Phi) is 4.90. The lowest BCUT2D eigenvalue weighted by atomic mass is 10.1. The standard InChI is InChI=1S/C13H21FN2O/c1-10(17)11-6-5-7-12(14)13(11)16(4)9-8-15(2)3/h5-7,10,17H,8-9H2,1-4H3. The van der Waals surface area contributed by atoms with Crippen LogP contribution in [0.25, 0.3) is 0 Å². The van der Waals surface area contributed by atoms with Crippen molar-refractivity contribution in [1.29, 1.82) is 0 Å². The lowest BCUT2D eigenvalue weighted by Gasteiger charge is -2.25. The molecular formula is C13H21FN2O. The molecule has 1 unspecified atom stereocenters. The second kappa shape index (κ2) is 5.98. The SMILES string of the molecule is CC(O)c1cccc(F)c1N(C)CCN(C)C. The van der Waals surface area contributed by atoms with Gasteiger partial charge in [-0.05, 0) is 27.1 Å². The van der Waals surface area contributed by atoms with E-state index in [4.69, 9.17) is 0 Å². The molecule has 0 amide bonds. The highest BCUT2D eigenvalue weighted by molar-refractivity contribution is 5.55. The van der Waals surface area contributed by atoms with Crippen LogP contribution in [-0.4, -0.2) is 44.2 Å². The van der Waals surface area contributed by atoms with Crippen LogP contribution in [0.4, 0.5) is 10.1 Å². The average molecular weight is 240 g/mol. The number of halogens is 1. The fourth-order valence-corrected chi connectivity index (χ4v) is 1.73. The third-order valence-electron chi connectivity index (χ3n) is 2.73. The minimum atomic E-state index is -0.664. The van der Waals surface area contributed by atoms with Crippen LogP contribution in [0.1, 0.15) is 18.6 Å². The maximum atomic E-state index is 13.8. The second-order valence-electron chi connectivity index (χ2n) is 4.58. The monoisotopic (exact) mass is 240 g/mol. The first kappa shape index (κ1) is 13.9. The summed E-state index contributed by atoms with van der Waals surface area (Å²) in [6, 6.07) is 4.81. The van der Waals surface area contributed by atoms with E-state index in [9.17, 15) is 9.50 Å². The summed E-state index contributed by atoms with van der Waals surface area (Å²) >= 11 is 0. The van der Waals surface area contributed by atoms with Crippen molar-refractivity contribution in [1.82, 2.24) is 4.90 Å². The van der Waals surface area contributed by atoms with E-state index in [0.29, 0.717) is 17.8 Å². The van der Waals surface area contributed by atoms with Gasteiger partial charge >= 0.3 is 0 Å². The lowest BCUT2D eigenvalue weighted by Crippen LogP contribution is -2.30. The van der Waals surface area contributed by atoms with Crippen molar-refractivity contribution in [2.24, 2.45) is 0 Å². The van der Waals surface area contributed by atoms with Gasteiger partial charge in [-0.3, -0.25) is 0 Å². The van der Waals surface area contributed by atoms with Crippen LogP contribution in [0.3, 0.4) is 0 Å². The number of rotatable bonds is 5. The molecule has 17 heavy (non-hydrogen) atoms. The summed E-state index contributed by atoms with van der Waals surface area (Å²) in [6.45, 7) is 3.20. The molecule has 4 heteroatoms. The van der Waals surface area contributed by atoms with Crippen LogP contribution in [0.5, 0.6) is 0 Å². The van der Waals surface area contributed by atoms with Gasteiger partial charge in [-0.1, -0.05) is 12.1 Å². The van der Waals surface area contributed by atoms with Crippen molar-refractivity contribution < 1.29 is 9.50 Å². The summed E-state index contributed by atoms with van der Waals surface area (Å²) in [5, 5.41) is 9.65. The first-order valence-corrected chi connectivity index (χ1v) is 5.75. The van der Waals surface area contributed by atoms with Gasteiger partial charge in [-0.2, -0.15) is 0 Å². The molecule has 0 fully saturated rings. The van der Waals surface area contributed by atoms with Crippen molar-refractivity contribution in [3.05, 3.63) is 29.6 Å². The first-order chi connectivity index (χ1) is 7.93. The zero-order valence-electron chi connectivity index (χ0n) is 10.9. The van der Waals surface area contributed by atoms with Gasteiger partial charge < -0.3 is 14.9 Å². The topological polar surface area (TPSA) is 26.7 Å². The molecule has 0 heterocycles. The van der Waals surface area contributed by atoms with Crippen LogP contribution < -0.4 is 4.90 Å². The number of para-hydroxylation sites is 1. The quantitative estimate of drug-likeness (QED) is 0.851. The molecule has 0 aliphatic rings. The molecular weight excluding hydrogens is 219 g/mol. The predicted molar refractivity (Wildman–Crippen MR) is 68.9 cm³/mol. The molecule has 1 atom stereocenters. The number of aliphatic hydroxyl groups is 1. The molecule has 0 spiro atoms. The van der Waals surface area contributed by atoms with E-state index in [1.807, 2.05) is 30.9 Å². The summed E-state index contributed by atoms with van der Waals surface area (Å²) in [4.78, 5) is 3.89. The molecule has 96 valence electrons. The fraction of sp³-hybridized carbons (Fsp3) is 0.538. The van der Waals surface area contributed by atoms with Gasteiger partial charge in [0.15, 0.2) is 0 Å². The van der Waals surface area contributed by atoms with Crippen molar-refractivity contribution in [3.63, 3.8) is 0 Å². The van der Waals surface area contributed by atoms with Crippen LogP contribution in [-0.2, 0) is 0 Å². The van der Waals surface area contributed by atoms with Crippen molar-refractivity contribution in [3.8, 4) is 0 Å². The highest BCUT2D eigenvalue weighted by atomic mass is 19.1. The number of hydrogen-bond donors (Lipinski definition) is 1. The van der Waals surface area contributed by atoms with Crippen molar-refractivity contribution in [2.45, 2.75) is 13.0 Å². The molecule has 0 saturated heterocycles. The number of benzene rings is 1. The van der Waals surface area contributed by atoms with Crippen LogP contribution in [0, 0.1) is 5.82 Å². The molecule has 0 aliphatic carbocycles. The maximum Gasteiger partial charge on any atom is 0.146 e. The highest BCUT2D eigenvalue weighted by Crippen LogP contribution is 2.28. The van der Waals surface area contributed by atoms with Gasteiger partial charge in [0.05, 0.1) is 11.8 Å².